The summed E-state index contributed by atoms with van der Waals surface area (Å²) in [4.78, 5) is 50.2. The Kier molecular flexibility index (Phi) is 7.70. The highest BCUT2D eigenvalue weighted by atomic mass is 79.9. The van der Waals surface area contributed by atoms with Gasteiger partial charge in [0.15, 0.2) is 23.9 Å². The second-order valence-corrected chi connectivity index (χ2v) is 8.35. The molecule has 2 aromatic rings. The average Bonchev–Trinajstić information content (AvgIpc) is 3.05. The van der Waals surface area contributed by atoms with Crippen molar-refractivity contribution < 1.29 is 33.4 Å². The molecule has 0 unspecified atom stereocenters. The minimum atomic E-state index is -0.591. The zero-order valence-electron chi connectivity index (χ0n) is 17.1. The molecule has 1 aliphatic rings. The maximum absolute atomic E-state index is 12.8. The zero-order chi connectivity index (χ0) is 23.3. The zero-order valence-corrected chi connectivity index (χ0v) is 19.5. The minimum absolute atomic E-state index is 0.120. The van der Waals surface area contributed by atoms with Crippen molar-refractivity contribution in [1.82, 2.24) is 4.90 Å². The number of benzene rings is 2. The van der Waals surface area contributed by atoms with Gasteiger partial charge < -0.3 is 14.2 Å². The third-order valence-corrected chi connectivity index (χ3v) is 5.86. The second kappa shape index (κ2) is 10.5. The Hall–Kier alpha value is -3.11. The molecule has 1 fully saturated rings. The molecule has 2 amide bonds. The molecule has 0 aliphatic carbocycles. The number of amides is 2. The number of imide groups is 1. The molecular weight excluding hydrogens is 502 g/mol. The second-order valence-electron chi connectivity index (χ2n) is 6.44. The lowest BCUT2D eigenvalue weighted by atomic mass is 10.1. The SMILES string of the molecule is COC(=O)COc1c(/C=C2/SC(=O)N(CC(=O)c3ccc(Br)cc3)C2=O)cccc1OC. The van der Waals surface area contributed by atoms with Crippen molar-refractivity contribution in [2.75, 3.05) is 27.4 Å². The van der Waals surface area contributed by atoms with E-state index in [-0.39, 0.29) is 29.6 Å². The fourth-order valence-electron chi connectivity index (χ4n) is 2.80. The molecule has 0 N–H and O–H groups in total. The molecule has 3 rings (SSSR count). The molecule has 8 nitrogen and oxygen atoms in total. The standard InChI is InChI=1S/C22H18BrNO7S/c1-29-17-5-3-4-14(20(17)31-12-19(26)30-2)10-18-21(27)24(22(28)32-18)11-16(25)13-6-8-15(23)9-7-13/h3-10H,11-12H2,1-2H3/b18-10+. The van der Waals surface area contributed by atoms with Crippen LogP contribution in [0, 0.1) is 0 Å². The normalized spacial score (nSPS) is 14.6. The number of Topliss-reactive ketones (excluding diaryl/α,β-unsaturated/α-hetero) is 1. The predicted octanol–water partition coefficient (Wildman–Crippen LogP) is 3.93. The van der Waals surface area contributed by atoms with Gasteiger partial charge in [-0.1, -0.05) is 40.2 Å². The van der Waals surface area contributed by atoms with E-state index in [4.69, 9.17) is 9.47 Å². The number of methoxy groups -OCH3 is 2. The van der Waals surface area contributed by atoms with Gasteiger partial charge in [0.05, 0.1) is 25.7 Å². The number of halogens is 1. The van der Waals surface area contributed by atoms with Crippen LogP contribution < -0.4 is 9.47 Å². The van der Waals surface area contributed by atoms with E-state index in [1.54, 1.807) is 42.5 Å². The van der Waals surface area contributed by atoms with E-state index in [0.717, 1.165) is 21.1 Å². The number of ether oxygens (including phenoxy) is 3. The maximum Gasteiger partial charge on any atom is 0.343 e. The van der Waals surface area contributed by atoms with Crippen molar-refractivity contribution in [1.29, 1.82) is 0 Å². The highest BCUT2D eigenvalue weighted by Crippen LogP contribution is 2.37. The van der Waals surface area contributed by atoms with Crippen molar-refractivity contribution in [2.45, 2.75) is 0 Å². The number of carbonyl (C=O) groups is 4. The number of thioether (sulfide) groups is 1. The Morgan fingerprint density at radius 3 is 2.47 bits per heavy atom. The fourth-order valence-corrected chi connectivity index (χ4v) is 3.89. The van der Waals surface area contributed by atoms with Gasteiger partial charge in [0.25, 0.3) is 11.1 Å². The van der Waals surface area contributed by atoms with Crippen LogP contribution in [0.25, 0.3) is 6.08 Å². The first kappa shape index (κ1) is 23.6. The Labute approximate surface area is 196 Å². The Morgan fingerprint density at radius 2 is 1.81 bits per heavy atom. The number of carbonyl (C=O) groups excluding carboxylic acids is 4. The largest absolute Gasteiger partial charge is 0.493 e. The number of para-hydroxylation sites is 1. The van der Waals surface area contributed by atoms with E-state index in [1.807, 2.05) is 0 Å². The third-order valence-electron chi connectivity index (χ3n) is 4.42. The lowest BCUT2D eigenvalue weighted by molar-refractivity contribution is -0.143. The first-order chi connectivity index (χ1) is 15.3. The van der Waals surface area contributed by atoms with Crippen molar-refractivity contribution in [2.24, 2.45) is 0 Å². The summed E-state index contributed by atoms with van der Waals surface area (Å²) in [6.07, 6.45) is 1.46. The summed E-state index contributed by atoms with van der Waals surface area (Å²) in [5, 5.41) is -0.549. The summed E-state index contributed by atoms with van der Waals surface area (Å²) in [5.41, 5.74) is 0.820. The van der Waals surface area contributed by atoms with Crippen molar-refractivity contribution >= 4 is 56.7 Å². The van der Waals surface area contributed by atoms with Gasteiger partial charge in [-0.15, -0.1) is 0 Å². The highest BCUT2D eigenvalue weighted by molar-refractivity contribution is 9.10. The molecule has 0 aromatic heterocycles. The summed E-state index contributed by atoms with van der Waals surface area (Å²) in [6.45, 7) is -0.728. The molecule has 0 saturated carbocycles. The van der Waals surface area contributed by atoms with Crippen LogP contribution in [0.3, 0.4) is 0 Å². The van der Waals surface area contributed by atoms with Crippen LogP contribution in [0.15, 0.2) is 51.8 Å². The molecule has 166 valence electrons. The Morgan fingerprint density at radius 1 is 1.09 bits per heavy atom. The molecule has 1 saturated heterocycles. The van der Waals surface area contributed by atoms with Gasteiger partial charge >= 0.3 is 5.97 Å². The monoisotopic (exact) mass is 519 g/mol. The van der Waals surface area contributed by atoms with Crippen molar-refractivity contribution in [3.05, 3.63) is 63.0 Å². The highest BCUT2D eigenvalue weighted by Gasteiger charge is 2.36. The molecule has 2 aromatic carbocycles. The van der Waals surface area contributed by atoms with E-state index >= 15 is 0 Å². The third kappa shape index (κ3) is 5.38. The molecule has 0 spiro atoms. The summed E-state index contributed by atoms with van der Waals surface area (Å²) >= 11 is 4.01. The number of hydrogen-bond donors (Lipinski definition) is 0. The lowest BCUT2D eigenvalue weighted by Crippen LogP contribution is -2.33. The number of nitrogens with zero attached hydrogens (tertiary/aromatic N) is 1. The fraction of sp³-hybridized carbons (Fsp3) is 0.182. The first-order valence-electron chi connectivity index (χ1n) is 9.24. The Bertz CT molecular complexity index is 1100. The van der Waals surface area contributed by atoms with Crippen LogP contribution in [-0.4, -0.2) is 55.2 Å². The molecule has 32 heavy (non-hydrogen) atoms. The van der Waals surface area contributed by atoms with Crippen LogP contribution in [0.2, 0.25) is 0 Å². The lowest BCUT2D eigenvalue weighted by Gasteiger charge is -2.13. The van der Waals surface area contributed by atoms with Gasteiger partial charge in [0, 0.05) is 15.6 Å². The van der Waals surface area contributed by atoms with Crippen LogP contribution in [0.5, 0.6) is 11.5 Å². The quantitative estimate of drug-likeness (QED) is 0.294. The molecule has 10 heteroatoms. The average molecular weight is 520 g/mol. The number of esters is 1. The number of hydrogen-bond acceptors (Lipinski definition) is 8. The summed E-state index contributed by atoms with van der Waals surface area (Å²) < 4.78 is 16.2. The molecule has 1 heterocycles. The van der Waals surface area contributed by atoms with Crippen LogP contribution in [0.4, 0.5) is 4.79 Å². The van der Waals surface area contributed by atoms with Gasteiger partial charge in [-0.3, -0.25) is 19.3 Å². The van der Waals surface area contributed by atoms with Crippen LogP contribution >= 0.6 is 27.7 Å². The summed E-state index contributed by atoms with van der Waals surface area (Å²) in [5.74, 6) is -0.976. The van der Waals surface area contributed by atoms with E-state index in [2.05, 4.69) is 20.7 Å². The van der Waals surface area contributed by atoms with E-state index in [0.29, 0.717) is 16.9 Å². The predicted molar refractivity (Wildman–Crippen MR) is 122 cm³/mol. The van der Waals surface area contributed by atoms with Crippen molar-refractivity contribution in [3.8, 4) is 11.5 Å². The van der Waals surface area contributed by atoms with Crippen LogP contribution in [0.1, 0.15) is 15.9 Å². The van der Waals surface area contributed by atoms with Gasteiger partial charge in [0.1, 0.15) is 0 Å². The molecule has 1 aliphatic heterocycles. The van der Waals surface area contributed by atoms with Crippen LogP contribution in [-0.2, 0) is 14.3 Å². The van der Waals surface area contributed by atoms with Gasteiger partial charge in [-0.05, 0) is 36.0 Å². The van der Waals surface area contributed by atoms with Gasteiger partial charge in [0.2, 0.25) is 0 Å². The maximum atomic E-state index is 12.8. The Balaban J connectivity index is 1.83. The van der Waals surface area contributed by atoms with E-state index in [9.17, 15) is 19.2 Å². The molecular formula is C22H18BrNO7S. The summed E-state index contributed by atoms with van der Waals surface area (Å²) in [7, 11) is 2.67. The minimum Gasteiger partial charge on any atom is -0.493 e. The smallest absolute Gasteiger partial charge is 0.343 e. The molecule has 0 atom stereocenters. The van der Waals surface area contributed by atoms with Crippen molar-refractivity contribution in [3.63, 3.8) is 0 Å². The number of rotatable bonds is 8. The van der Waals surface area contributed by atoms with Gasteiger partial charge in [-0.2, -0.15) is 0 Å². The van der Waals surface area contributed by atoms with E-state index < -0.39 is 17.1 Å². The van der Waals surface area contributed by atoms with E-state index in [1.165, 1.54) is 20.3 Å². The molecule has 0 radical (unpaired) electrons. The first-order valence-corrected chi connectivity index (χ1v) is 10.9. The summed E-state index contributed by atoms with van der Waals surface area (Å²) in [6, 6.07) is 11.6. The van der Waals surface area contributed by atoms with Gasteiger partial charge in [-0.25, -0.2) is 4.79 Å². The number of ketones is 1. The topological polar surface area (TPSA) is 99.2 Å². The molecule has 0 bridgehead atoms.